The van der Waals surface area contributed by atoms with E-state index in [9.17, 15) is 0 Å². The summed E-state index contributed by atoms with van der Waals surface area (Å²) in [6, 6.07) is 0. The predicted octanol–water partition coefficient (Wildman–Crippen LogP) is -1.28. The van der Waals surface area contributed by atoms with E-state index in [1.54, 1.807) is 0 Å². The number of nitrogens with two attached hydrogens (primary N) is 3. The highest BCUT2D eigenvalue weighted by atomic mass is 32.1. The van der Waals surface area contributed by atoms with Crippen molar-refractivity contribution in [2.24, 2.45) is 17.4 Å². The molecule has 0 atom stereocenters. The topological polar surface area (TPSA) is 78.1 Å². The number of hydrogen-bond donors (Lipinski definition) is 3. The molecule has 0 aliphatic heterocycles. The van der Waals surface area contributed by atoms with Gasteiger partial charge in [-0.2, -0.15) is 0 Å². The van der Waals surface area contributed by atoms with E-state index in [0.29, 0.717) is 0 Å². The third-order valence-electron chi connectivity index (χ3n) is 0. The van der Waals surface area contributed by atoms with Crippen LogP contribution in [-0.4, -0.2) is 5.49 Å². The lowest BCUT2D eigenvalue weighted by atomic mass is 11.6. The van der Waals surface area contributed by atoms with Crippen molar-refractivity contribution < 1.29 is 0 Å². The van der Waals surface area contributed by atoms with Gasteiger partial charge < -0.3 is 5.73 Å². The number of rotatable bonds is 0. The van der Waals surface area contributed by atoms with Crippen molar-refractivity contribution in [1.82, 2.24) is 0 Å². The average Bonchev–Trinajstić information content (AvgIpc) is 1.46. The maximum atomic E-state index is 4.54. The Morgan fingerprint density at radius 3 is 1.40 bits per heavy atom. The molecule has 4 heteroatoms. The van der Waals surface area contributed by atoms with Crippen LogP contribution in [-0.2, 0) is 0 Å². The molecule has 0 fully saturated rings. The van der Waals surface area contributed by atoms with Crippen molar-refractivity contribution in [2.75, 3.05) is 0 Å². The van der Waals surface area contributed by atoms with Crippen LogP contribution in [0, 0.1) is 0 Å². The quantitative estimate of drug-likeness (QED) is 0.198. The molecule has 0 aliphatic rings. The minimum atomic E-state index is 1.08. The Labute approximate surface area is 36.1 Å². The van der Waals surface area contributed by atoms with E-state index in [0.717, 1.165) is 5.49 Å². The van der Waals surface area contributed by atoms with E-state index < -0.39 is 0 Å². The maximum absolute atomic E-state index is 4.54. The van der Waals surface area contributed by atoms with Gasteiger partial charge in [-0.3, -0.25) is 11.7 Å². The zero-order valence-corrected chi connectivity index (χ0v) is 3.53. The molecular formula is CH7N3S. The Morgan fingerprint density at radius 1 is 1.40 bits per heavy atom. The van der Waals surface area contributed by atoms with E-state index in [-0.39, 0.29) is 0 Å². The van der Waals surface area contributed by atoms with Crippen LogP contribution >= 0.6 is 12.2 Å². The van der Waals surface area contributed by atoms with Gasteiger partial charge >= 0.3 is 0 Å². The van der Waals surface area contributed by atoms with Crippen LogP contribution < -0.4 is 17.4 Å². The average molecular weight is 93.2 g/mol. The van der Waals surface area contributed by atoms with Gasteiger partial charge in [0.15, 0.2) is 0 Å². The lowest BCUT2D eigenvalue weighted by Crippen LogP contribution is -2.02. The number of hydrazine groups is 1. The molecule has 0 aromatic rings. The summed E-state index contributed by atoms with van der Waals surface area (Å²) in [4.78, 5) is 0. The van der Waals surface area contributed by atoms with Crippen LogP contribution in [0.2, 0.25) is 0 Å². The van der Waals surface area contributed by atoms with Crippen LogP contribution in [0.25, 0.3) is 0 Å². The number of thiocarbonyl (C=S) groups is 1. The predicted molar refractivity (Wildman–Crippen MR) is 26.2 cm³/mol. The molecule has 0 aromatic carbocycles. The molecule has 0 amide bonds. The molecule has 0 bridgehead atoms. The first kappa shape index (κ1) is 8.84. The summed E-state index contributed by atoms with van der Waals surface area (Å²) in [5.74, 6) is 8.00. The Balaban J connectivity index is 0. The van der Waals surface area contributed by atoms with E-state index in [4.69, 9.17) is 0 Å². The van der Waals surface area contributed by atoms with Gasteiger partial charge in [0.1, 0.15) is 0 Å². The highest BCUT2D eigenvalue weighted by molar-refractivity contribution is 7.78. The summed E-state index contributed by atoms with van der Waals surface area (Å²) < 4.78 is 0. The second kappa shape index (κ2) is 45.9. The first-order valence-corrected chi connectivity index (χ1v) is 1.37. The van der Waals surface area contributed by atoms with Gasteiger partial charge in [-0.25, -0.2) is 0 Å². The van der Waals surface area contributed by atoms with Gasteiger partial charge in [-0.1, -0.05) is 12.2 Å². The molecule has 0 aliphatic carbocycles. The summed E-state index contributed by atoms with van der Waals surface area (Å²) in [5.41, 5.74) is 5.62. The number of hydrogen-bond acceptors (Lipinski definition) is 3. The van der Waals surface area contributed by atoms with E-state index in [1.165, 1.54) is 0 Å². The van der Waals surface area contributed by atoms with Crippen molar-refractivity contribution in [1.29, 1.82) is 0 Å². The molecule has 32 valence electrons. The molecule has 0 radical (unpaired) electrons. The standard InChI is InChI=1S/CH3NS.H4N2/c2-1-3;1-2/h1H,(H2,2,3);1-2H2. The first-order valence-electron chi connectivity index (χ1n) is 0.902. The first-order chi connectivity index (χ1) is 2.41. The van der Waals surface area contributed by atoms with Crippen LogP contribution in [0.4, 0.5) is 0 Å². The minimum absolute atomic E-state index is 1.08. The van der Waals surface area contributed by atoms with Gasteiger partial charge in [0.25, 0.3) is 0 Å². The minimum Gasteiger partial charge on any atom is -0.396 e. The monoisotopic (exact) mass is 93.0 g/mol. The van der Waals surface area contributed by atoms with E-state index >= 15 is 0 Å². The zero-order valence-electron chi connectivity index (χ0n) is 2.72. The van der Waals surface area contributed by atoms with Crippen molar-refractivity contribution in [2.45, 2.75) is 0 Å². The normalized spacial score (nSPS) is 3.60. The Kier molecular flexibility index (Phi) is 81.1. The van der Waals surface area contributed by atoms with E-state index in [2.05, 4.69) is 29.6 Å². The van der Waals surface area contributed by atoms with Gasteiger partial charge in [-0.15, -0.1) is 0 Å². The Morgan fingerprint density at radius 2 is 1.40 bits per heavy atom. The Hall–Kier alpha value is -0.190. The summed E-state index contributed by atoms with van der Waals surface area (Å²) in [6.07, 6.45) is 0. The lowest BCUT2D eigenvalue weighted by molar-refractivity contribution is 1.26. The second-order valence-electron chi connectivity index (χ2n) is 0.136. The molecule has 0 aromatic heterocycles. The van der Waals surface area contributed by atoms with Crippen LogP contribution in [0.5, 0.6) is 0 Å². The molecular weight excluding hydrogens is 86.1 g/mol. The second-order valence-corrected chi connectivity index (χ2v) is 0.408. The van der Waals surface area contributed by atoms with Crippen LogP contribution in [0.1, 0.15) is 0 Å². The summed E-state index contributed by atoms with van der Waals surface area (Å²) in [5, 5.41) is 0. The fourth-order valence-corrected chi connectivity index (χ4v) is 0. The van der Waals surface area contributed by atoms with Crippen molar-refractivity contribution in [3.8, 4) is 0 Å². The van der Waals surface area contributed by atoms with Crippen LogP contribution in [0.3, 0.4) is 0 Å². The maximum Gasteiger partial charge on any atom is 0.0588 e. The highest BCUT2D eigenvalue weighted by Crippen LogP contribution is 1.16. The third-order valence-corrected chi connectivity index (χ3v) is 0. The van der Waals surface area contributed by atoms with Gasteiger partial charge in [0.05, 0.1) is 5.49 Å². The molecule has 6 N–H and O–H groups in total. The molecule has 0 unspecified atom stereocenters. The SMILES string of the molecule is NC=S.NN. The fraction of sp³-hybridized carbons (Fsp3) is 0. The van der Waals surface area contributed by atoms with Gasteiger partial charge in [-0.05, 0) is 0 Å². The summed E-state index contributed by atoms with van der Waals surface area (Å²) in [7, 11) is 0. The molecule has 0 spiro atoms. The summed E-state index contributed by atoms with van der Waals surface area (Å²) >= 11 is 4.05. The van der Waals surface area contributed by atoms with Crippen LogP contribution in [0.15, 0.2) is 0 Å². The zero-order chi connectivity index (χ0) is 4.71. The molecule has 3 nitrogen and oxygen atoms in total. The highest BCUT2D eigenvalue weighted by Gasteiger charge is 1.13. The third kappa shape index (κ3) is 346. The lowest BCUT2D eigenvalue weighted by Gasteiger charge is -1.36. The molecule has 0 saturated carbocycles. The van der Waals surface area contributed by atoms with Gasteiger partial charge in [0.2, 0.25) is 0 Å². The van der Waals surface area contributed by atoms with E-state index in [1.807, 2.05) is 0 Å². The molecule has 0 saturated heterocycles. The molecule has 0 rings (SSSR count). The smallest absolute Gasteiger partial charge is 0.0588 e. The molecule has 0 heterocycles. The summed E-state index contributed by atoms with van der Waals surface area (Å²) in [6.45, 7) is 0. The molecule has 5 heavy (non-hydrogen) atoms. The largest absolute Gasteiger partial charge is 0.396 e. The van der Waals surface area contributed by atoms with Crippen molar-refractivity contribution in [3.05, 3.63) is 0 Å². The van der Waals surface area contributed by atoms with Crippen molar-refractivity contribution >= 4 is 17.7 Å². The fourth-order valence-electron chi connectivity index (χ4n) is 0. The van der Waals surface area contributed by atoms with Gasteiger partial charge in [0, 0.05) is 0 Å². The van der Waals surface area contributed by atoms with Crippen molar-refractivity contribution in [3.63, 3.8) is 0 Å². The Bertz CT molecular complexity index is 14.4.